The molecular weight excluding hydrogens is 313 g/mol. The summed E-state index contributed by atoms with van der Waals surface area (Å²) in [6, 6.07) is 3.73. The van der Waals surface area contributed by atoms with Gasteiger partial charge in [-0.05, 0) is 31.0 Å². The van der Waals surface area contributed by atoms with Gasteiger partial charge in [-0.1, -0.05) is 11.6 Å². The lowest BCUT2D eigenvalue weighted by molar-refractivity contribution is -0.137. The molecule has 0 aliphatic carbocycles. The number of hydrogen-bond donors (Lipinski definition) is 1. The van der Waals surface area contributed by atoms with E-state index in [1.54, 1.807) is 0 Å². The summed E-state index contributed by atoms with van der Waals surface area (Å²) >= 11 is 5.81. The minimum Gasteiger partial charge on any atom is -0.481 e. The molecule has 1 aliphatic rings. The Morgan fingerprint density at radius 1 is 1.45 bits per heavy atom. The zero-order chi connectivity index (χ0) is 16.1. The number of hydrogen-bond acceptors (Lipinski definition) is 3. The molecule has 7 heteroatoms. The van der Waals surface area contributed by atoms with E-state index in [4.69, 9.17) is 21.4 Å². The first kappa shape index (κ1) is 16.7. The Labute approximate surface area is 132 Å². The number of carboxylic acid groups (broad SMARTS) is 1. The van der Waals surface area contributed by atoms with Gasteiger partial charge in [-0.25, -0.2) is 4.39 Å². The molecule has 1 amide bonds. The largest absolute Gasteiger partial charge is 0.481 e. The van der Waals surface area contributed by atoms with Gasteiger partial charge in [0.25, 0.3) is 5.91 Å². The summed E-state index contributed by atoms with van der Waals surface area (Å²) in [4.78, 5) is 24.6. The molecule has 120 valence electrons. The van der Waals surface area contributed by atoms with Gasteiger partial charge in [-0.3, -0.25) is 9.59 Å². The number of carbonyl (C=O) groups is 2. The summed E-state index contributed by atoms with van der Waals surface area (Å²) < 4.78 is 19.3. The molecule has 0 radical (unpaired) electrons. The van der Waals surface area contributed by atoms with Crippen LogP contribution in [-0.4, -0.2) is 47.7 Å². The van der Waals surface area contributed by atoms with Crippen LogP contribution in [0.3, 0.4) is 0 Å². The van der Waals surface area contributed by atoms with Crippen molar-refractivity contribution in [1.82, 2.24) is 4.90 Å². The molecular formula is C15H17ClFNO4. The van der Waals surface area contributed by atoms with Crippen molar-refractivity contribution in [1.29, 1.82) is 0 Å². The Balaban J connectivity index is 2.16. The van der Waals surface area contributed by atoms with Crippen molar-refractivity contribution in [2.75, 3.05) is 19.7 Å². The number of amides is 1. The van der Waals surface area contributed by atoms with Crippen LogP contribution in [-0.2, 0) is 9.53 Å². The topological polar surface area (TPSA) is 66.8 Å². The Hall–Kier alpha value is -1.66. The van der Waals surface area contributed by atoms with Crippen LogP contribution in [0.1, 0.15) is 29.6 Å². The predicted octanol–water partition coefficient (Wildman–Crippen LogP) is 2.58. The highest BCUT2D eigenvalue weighted by Gasteiger charge is 2.25. The lowest BCUT2D eigenvalue weighted by atomic mass is 10.1. The molecule has 1 aliphatic heterocycles. The van der Waals surface area contributed by atoms with E-state index in [1.807, 2.05) is 0 Å². The van der Waals surface area contributed by atoms with Crippen LogP contribution in [0.5, 0.6) is 0 Å². The number of carboxylic acids is 1. The van der Waals surface area contributed by atoms with Gasteiger partial charge in [0.2, 0.25) is 0 Å². The smallest absolute Gasteiger partial charge is 0.305 e. The molecule has 0 unspecified atom stereocenters. The van der Waals surface area contributed by atoms with Crippen LogP contribution in [0.25, 0.3) is 0 Å². The number of rotatable bonds is 6. The van der Waals surface area contributed by atoms with Crippen LogP contribution in [0.4, 0.5) is 4.39 Å². The van der Waals surface area contributed by atoms with Crippen molar-refractivity contribution in [3.05, 3.63) is 34.6 Å². The molecule has 0 bridgehead atoms. The first-order valence-corrected chi connectivity index (χ1v) is 7.43. The van der Waals surface area contributed by atoms with Crippen LogP contribution in [0, 0.1) is 5.82 Å². The Morgan fingerprint density at radius 2 is 2.23 bits per heavy atom. The first-order valence-electron chi connectivity index (χ1n) is 7.05. The van der Waals surface area contributed by atoms with E-state index in [9.17, 15) is 14.0 Å². The van der Waals surface area contributed by atoms with E-state index in [1.165, 1.54) is 17.0 Å². The van der Waals surface area contributed by atoms with Crippen LogP contribution in [0.15, 0.2) is 18.2 Å². The highest BCUT2D eigenvalue weighted by Crippen LogP contribution is 2.19. The SMILES string of the molecule is O=C(O)CCN(C[C@H]1CCCO1)C(=O)c1cc(Cl)ccc1F. The summed E-state index contributed by atoms with van der Waals surface area (Å²) in [7, 11) is 0. The highest BCUT2D eigenvalue weighted by atomic mass is 35.5. The quantitative estimate of drug-likeness (QED) is 0.871. The summed E-state index contributed by atoms with van der Waals surface area (Å²) in [5.41, 5.74) is -0.157. The third kappa shape index (κ3) is 4.42. The predicted molar refractivity (Wildman–Crippen MR) is 78.5 cm³/mol. The van der Waals surface area contributed by atoms with E-state index in [-0.39, 0.29) is 36.2 Å². The second-order valence-corrected chi connectivity index (χ2v) is 5.59. The summed E-state index contributed by atoms with van der Waals surface area (Å²) in [6.45, 7) is 0.870. The second-order valence-electron chi connectivity index (χ2n) is 5.15. The molecule has 1 saturated heterocycles. The van der Waals surface area contributed by atoms with Gasteiger partial charge < -0.3 is 14.7 Å². The summed E-state index contributed by atoms with van der Waals surface area (Å²) in [6.07, 6.45) is 1.35. The average molecular weight is 330 g/mol. The Kier molecular flexibility index (Phi) is 5.74. The number of carbonyl (C=O) groups excluding carboxylic acids is 1. The number of aliphatic carboxylic acids is 1. The normalized spacial score (nSPS) is 17.5. The van der Waals surface area contributed by atoms with E-state index >= 15 is 0 Å². The summed E-state index contributed by atoms with van der Waals surface area (Å²) in [5.74, 6) is -2.27. The van der Waals surface area contributed by atoms with Crippen LogP contribution in [0.2, 0.25) is 5.02 Å². The van der Waals surface area contributed by atoms with Crippen LogP contribution < -0.4 is 0 Å². The average Bonchev–Trinajstić information content (AvgIpc) is 2.98. The summed E-state index contributed by atoms with van der Waals surface area (Å²) in [5, 5.41) is 9.06. The lowest BCUT2D eigenvalue weighted by Crippen LogP contribution is -2.39. The molecule has 2 rings (SSSR count). The van der Waals surface area contributed by atoms with E-state index in [0.717, 1.165) is 18.9 Å². The fourth-order valence-corrected chi connectivity index (χ4v) is 2.54. The van der Waals surface area contributed by atoms with E-state index in [2.05, 4.69) is 0 Å². The van der Waals surface area contributed by atoms with Gasteiger partial charge in [0.1, 0.15) is 5.82 Å². The molecule has 0 aromatic heterocycles. The Morgan fingerprint density at radius 3 is 2.86 bits per heavy atom. The molecule has 1 fully saturated rings. The van der Waals surface area contributed by atoms with Gasteiger partial charge in [0.15, 0.2) is 0 Å². The zero-order valence-electron chi connectivity index (χ0n) is 11.9. The molecule has 1 heterocycles. The third-order valence-electron chi connectivity index (χ3n) is 3.49. The van der Waals surface area contributed by atoms with Crippen LogP contribution >= 0.6 is 11.6 Å². The maximum atomic E-state index is 13.8. The molecule has 1 aromatic rings. The van der Waals surface area contributed by atoms with Crippen molar-refractivity contribution in [3.63, 3.8) is 0 Å². The maximum absolute atomic E-state index is 13.8. The van der Waals surface area contributed by atoms with Crippen molar-refractivity contribution in [2.45, 2.75) is 25.4 Å². The molecule has 0 spiro atoms. The van der Waals surface area contributed by atoms with Gasteiger partial charge in [-0.15, -0.1) is 0 Å². The molecule has 1 atom stereocenters. The van der Waals surface area contributed by atoms with Crippen molar-refractivity contribution >= 4 is 23.5 Å². The highest BCUT2D eigenvalue weighted by molar-refractivity contribution is 6.31. The monoisotopic (exact) mass is 329 g/mol. The lowest BCUT2D eigenvalue weighted by Gasteiger charge is -2.25. The van der Waals surface area contributed by atoms with Crippen molar-refractivity contribution < 1.29 is 23.8 Å². The molecule has 22 heavy (non-hydrogen) atoms. The van der Waals surface area contributed by atoms with Crippen molar-refractivity contribution in [2.24, 2.45) is 0 Å². The van der Waals surface area contributed by atoms with Crippen molar-refractivity contribution in [3.8, 4) is 0 Å². The van der Waals surface area contributed by atoms with Gasteiger partial charge >= 0.3 is 5.97 Å². The number of benzene rings is 1. The van der Waals surface area contributed by atoms with Gasteiger partial charge in [-0.2, -0.15) is 0 Å². The third-order valence-corrected chi connectivity index (χ3v) is 3.72. The Bertz CT molecular complexity index is 560. The fourth-order valence-electron chi connectivity index (χ4n) is 2.37. The molecule has 1 aromatic carbocycles. The minimum atomic E-state index is -1.02. The molecule has 0 saturated carbocycles. The minimum absolute atomic E-state index is 0.0000198. The number of nitrogens with zero attached hydrogens (tertiary/aromatic N) is 1. The van der Waals surface area contributed by atoms with Gasteiger partial charge in [0.05, 0.1) is 18.1 Å². The van der Waals surface area contributed by atoms with E-state index < -0.39 is 17.7 Å². The van der Waals surface area contributed by atoms with Gasteiger partial charge in [0, 0.05) is 24.7 Å². The number of halogens is 2. The maximum Gasteiger partial charge on any atom is 0.305 e. The van der Waals surface area contributed by atoms with E-state index in [0.29, 0.717) is 6.61 Å². The molecule has 5 nitrogen and oxygen atoms in total. The number of ether oxygens (including phenoxy) is 1. The fraction of sp³-hybridized carbons (Fsp3) is 0.467. The standard InChI is InChI=1S/C15H17ClFNO4/c16-10-3-4-13(17)12(8-10)15(21)18(6-5-14(19)20)9-11-2-1-7-22-11/h3-4,8,11H,1-2,5-7,9H2,(H,19,20)/t11-/m1/s1. The second kappa shape index (κ2) is 7.56. The molecule has 1 N–H and O–H groups in total. The zero-order valence-corrected chi connectivity index (χ0v) is 12.7. The first-order chi connectivity index (χ1) is 10.5.